The first-order valence-electron chi connectivity index (χ1n) is 6.47. The van der Waals surface area contributed by atoms with E-state index in [4.69, 9.17) is 4.74 Å². The summed E-state index contributed by atoms with van der Waals surface area (Å²) in [5.41, 5.74) is 3.75. The van der Waals surface area contributed by atoms with Crippen LogP contribution in [0.2, 0.25) is 0 Å². The maximum atomic E-state index is 12.8. The van der Waals surface area contributed by atoms with E-state index in [-0.39, 0.29) is 18.2 Å². The Bertz CT molecular complexity index is 607. The summed E-state index contributed by atoms with van der Waals surface area (Å²) >= 11 is 0. The largest absolute Gasteiger partial charge is 0.485 e. The third-order valence-corrected chi connectivity index (χ3v) is 3.14. The van der Waals surface area contributed by atoms with Crippen molar-refractivity contribution < 1.29 is 13.9 Å². The molecular formula is C17H17FO2. The fourth-order valence-electron chi connectivity index (χ4n) is 2.37. The highest BCUT2D eigenvalue weighted by atomic mass is 19.1. The Morgan fingerprint density at radius 1 is 1.05 bits per heavy atom. The number of aryl methyl sites for hydroxylation is 3. The lowest BCUT2D eigenvalue weighted by Crippen LogP contribution is -2.14. The van der Waals surface area contributed by atoms with E-state index < -0.39 is 0 Å². The highest BCUT2D eigenvalue weighted by Gasteiger charge is 2.13. The lowest BCUT2D eigenvalue weighted by atomic mass is 9.97. The SMILES string of the molecule is Cc1cc(C)c(C(=O)COc2ccc(F)cc2)c(C)c1. The minimum absolute atomic E-state index is 0.0453. The second kappa shape index (κ2) is 5.87. The van der Waals surface area contributed by atoms with Gasteiger partial charge in [-0.1, -0.05) is 17.7 Å². The quantitative estimate of drug-likeness (QED) is 0.786. The predicted molar refractivity (Wildman–Crippen MR) is 76.9 cm³/mol. The van der Waals surface area contributed by atoms with Gasteiger partial charge in [-0.2, -0.15) is 0 Å². The first kappa shape index (κ1) is 14.3. The number of ether oxygens (including phenoxy) is 1. The van der Waals surface area contributed by atoms with Crippen molar-refractivity contribution in [1.82, 2.24) is 0 Å². The standard InChI is InChI=1S/C17H17FO2/c1-11-8-12(2)17(13(3)9-11)16(19)10-20-15-6-4-14(18)5-7-15/h4-9H,10H2,1-3H3. The van der Waals surface area contributed by atoms with Gasteiger partial charge in [0.05, 0.1) is 0 Å². The van der Waals surface area contributed by atoms with Crippen LogP contribution in [0.25, 0.3) is 0 Å². The van der Waals surface area contributed by atoms with Crippen LogP contribution in [0, 0.1) is 26.6 Å². The van der Waals surface area contributed by atoms with Gasteiger partial charge in [-0.25, -0.2) is 4.39 Å². The average Bonchev–Trinajstić information content (AvgIpc) is 2.37. The van der Waals surface area contributed by atoms with E-state index in [1.165, 1.54) is 24.3 Å². The van der Waals surface area contributed by atoms with Crippen molar-refractivity contribution in [3.05, 3.63) is 64.5 Å². The van der Waals surface area contributed by atoms with Crippen LogP contribution in [0.5, 0.6) is 5.75 Å². The minimum Gasteiger partial charge on any atom is -0.485 e. The van der Waals surface area contributed by atoms with Gasteiger partial charge in [-0.05, 0) is 56.2 Å². The van der Waals surface area contributed by atoms with Crippen LogP contribution in [-0.4, -0.2) is 12.4 Å². The molecule has 2 nitrogen and oxygen atoms in total. The number of carbonyl (C=O) groups is 1. The van der Waals surface area contributed by atoms with Crippen molar-refractivity contribution in [3.63, 3.8) is 0 Å². The van der Waals surface area contributed by atoms with Gasteiger partial charge in [-0.15, -0.1) is 0 Å². The molecule has 0 saturated carbocycles. The second-order valence-corrected chi connectivity index (χ2v) is 4.94. The molecule has 0 fully saturated rings. The van der Waals surface area contributed by atoms with E-state index in [1.54, 1.807) is 0 Å². The van der Waals surface area contributed by atoms with Gasteiger partial charge in [0, 0.05) is 5.56 Å². The summed E-state index contributed by atoms with van der Waals surface area (Å²) < 4.78 is 18.2. The zero-order valence-electron chi connectivity index (χ0n) is 11.9. The molecule has 0 unspecified atom stereocenters. The number of ketones is 1. The zero-order chi connectivity index (χ0) is 14.7. The summed E-state index contributed by atoms with van der Waals surface area (Å²) in [6.45, 7) is 5.80. The topological polar surface area (TPSA) is 26.3 Å². The third kappa shape index (κ3) is 3.23. The van der Waals surface area contributed by atoms with Crippen LogP contribution < -0.4 is 4.74 Å². The highest BCUT2D eigenvalue weighted by molar-refractivity contribution is 6.00. The molecule has 0 aromatic heterocycles. The molecule has 3 heteroatoms. The molecule has 0 heterocycles. The van der Waals surface area contributed by atoms with Crippen molar-refractivity contribution in [2.75, 3.05) is 6.61 Å². The molecule has 0 N–H and O–H groups in total. The van der Waals surface area contributed by atoms with E-state index in [0.29, 0.717) is 11.3 Å². The molecule has 0 atom stereocenters. The fraction of sp³-hybridized carbons (Fsp3) is 0.235. The van der Waals surface area contributed by atoms with Crippen LogP contribution >= 0.6 is 0 Å². The van der Waals surface area contributed by atoms with Crippen LogP contribution in [-0.2, 0) is 0 Å². The lowest BCUT2D eigenvalue weighted by Gasteiger charge is -2.11. The van der Waals surface area contributed by atoms with E-state index in [2.05, 4.69) is 0 Å². The molecule has 20 heavy (non-hydrogen) atoms. The molecule has 0 radical (unpaired) electrons. The number of Topliss-reactive ketones (excluding diaryl/α,β-unsaturated/α-hetero) is 1. The van der Waals surface area contributed by atoms with Gasteiger partial charge < -0.3 is 4.74 Å². The molecular weight excluding hydrogens is 255 g/mol. The number of hydrogen-bond acceptors (Lipinski definition) is 2. The lowest BCUT2D eigenvalue weighted by molar-refractivity contribution is 0.0920. The van der Waals surface area contributed by atoms with E-state index in [9.17, 15) is 9.18 Å². The van der Waals surface area contributed by atoms with E-state index in [1.807, 2.05) is 32.9 Å². The third-order valence-electron chi connectivity index (χ3n) is 3.14. The number of benzene rings is 2. The molecule has 104 valence electrons. The highest BCUT2D eigenvalue weighted by Crippen LogP contribution is 2.18. The Morgan fingerprint density at radius 3 is 2.15 bits per heavy atom. The average molecular weight is 272 g/mol. The fourth-order valence-corrected chi connectivity index (χ4v) is 2.37. The molecule has 0 aliphatic carbocycles. The number of hydrogen-bond donors (Lipinski definition) is 0. The molecule has 0 aliphatic rings. The monoisotopic (exact) mass is 272 g/mol. The molecule has 0 bridgehead atoms. The normalized spacial score (nSPS) is 10.4. The Morgan fingerprint density at radius 2 is 1.60 bits per heavy atom. The van der Waals surface area contributed by atoms with Crippen molar-refractivity contribution in [3.8, 4) is 5.75 Å². The second-order valence-electron chi connectivity index (χ2n) is 4.94. The van der Waals surface area contributed by atoms with E-state index in [0.717, 1.165) is 16.7 Å². The summed E-state index contributed by atoms with van der Waals surface area (Å²) in [6.07, 6.45) is 0. The van der Waals surface area contributed by atoms with Crippen LogP contribution in [0.4, 0.5) is 4.39 Å². The smallest absolute Gasteiger partial charge is 0.200 e. The molecule has 2 aromatic carbocycles. The van der Waals surface area contributed by atoms with Crippen molar-refractivity contribution in [1.29, 1.82) is 0 Å². The summed E-state index contributed by atoms with van der Waals surface area (Å²) in [5.74, 6) is 0.0976. The molecule has 0 amide bonds. The van der Waals surface area contributed by atoms with Gasteiger partial charge in [0.1, 0.15) is 11.6 Å². The van der Waals surface area contributed by atoms with Crippen LogP contribution in [0.3, 0.4) is 0 Å². The predicted octanol–water partition coefficient (Wildman–Crippen LogP) is 4.01. The first-order valence-corrected chi connectivity index (χ1v) is 6.47. The summed E-state index contributed by atoms with van der Waals surface area (Å²) in [5, 5.41) is 0. The minimum atomic E-state index is -0.325. The van der Waals surface area contributed by atoms with E-state index >= 15 is 0 Å². The maximum absolute atomic E-state index is 12.8. The number of halogens is 1. The van der Waals surface area contributed by atoms with Gasteiger partial charge in [0.25, 0.3) is 0 Å². The number of carbonyl (C=O) groups excluding carboxylic acids is 1. The van der Waals surface area contributed by atoms with Crippen molar-refractivity contribution >= 4 is 5.78 Å². The molecule has 2 aromatic rings. The van der Waals surface area contributed by atoms with Gasteiger partial charge in [0.2, 0.25) is 5.78 Å². The molecule has 0 saturated heterocycles. The Hall–Kier alpha value is -2.16. The van der Waals surface area contributed by atoms with Crippen LogP contribution in [0.1, 0.15) is 27.0 Å². The number of rotatable bonds is 4. The summed E-state index contributed by atoms with van der Waals surface area (Å²) in [7, 11) is 0. The molecule has 0 aliphatic heterocycles. The van der Waals surface area contributed by atoms with Crippen molar-refractivity contribution in [2.24, 2.45) is 0 Å². The summed E-state index contributed by atoms with van der Waals surface area (Å²) in [6, 6.07) is 9.61. The van der Waals surface area contributed by atoms with Gasteiger partial charge in [-0.3, -0.25) is 4.79 Å². The van der Waals surface area contributed by atoms with Gasteiger partial charge >= 0.3 is 0 Å². The Kier molecular flexibility index (Phi) is 4.18. The molecule has 0 spiro atoms. The molecule has 2 rings (SSSR count). The first-order chi connectivity index (χ1) is 9.47. The Balaban J connectivity index is 2.11. The maximum Gasteiger partial charge on any atom is 0.200 e. The summed E-state index contributed by atoms with van der Waals surface area (Å²) in [4.78, 5) is 12.2. The Labute approximate surface area is 118 Å². The van der Waals surface area contributed by atoms with Gasteiger partial charge in [0.15, 0.2) is 6.61 Å². The van der Waals surface area contributed by atoms with Crippen LogP contribution in [0.15, 0.2) is 36.4 Å². The zero-order valence-corrected chi connectivity index (χ0v) is 11.9. The van der Waals surface area contributed by atoms with Crippen molar-refractivity contribution in [2.45, 2.75) is 20.8 Å².